The maximum Gasteiger partial charge on any atom is 0.313 e. The van der Waals surface area contributed by atoms with Crippen molar-refractivity contribution >= 4 is 17.5 Å². The highest BCUT2D eigenvalue weighted by Crippen LogP contribution is 2.29. The van der Waals surface area contributed by atoms with E-state index in [0.29, 0.717) is 0 Å². The van der Waals surface area contributed by atoms with E-state index in [1.54, 1.807) is 23.9 Å². The highest BCUT2D eigenvalue weighted by atomic mass is 19.1. The molecule has 1 aromatic heterocycles. The summed E-state index contributed by atoms with van der Waals surface area (Å²) < 4.78 is 15.5. The molecule has 0 radical (unpaired) electrons. The van der Waals surface area contributed by atoms with Gasteiger partial charge in [0.25, 0.3) is 0 Å². The maximum atomic E-state index is 13.7. The van der Waals surface area contributed by atoms with Gasteiger partial charge in [-0.05, 0) is 43.9 Å². The maximum absolute atomic E-state index is 13.7. The van der Waals surface area contributed by atoms with Crippen molar-refractivity contribution in [1.82, 2.24) is 15.1 Å². The lowest BCUT2D eigenvalue weighted by Crippen LogP contribution is -2.39. The first-order valence-corrected chi connectivity index (χ1v) is 7.84. The first-order valence-electron chi connectivity index (χ1n) is 7.84. The van der Waals surface area contributed by atoms with E-state index >= 15 is 0 Å². The van der Waals surface area contributed by atoms with E-state index in [0.717, 1.165) is 36.1 Å². The summed E-state index contributed by atoms with van der Waals surface area (Å²) in [6, 6.07) is 4.09. The van der Waals surface area contributed by atoms with Crippen LogP contribution in [-0.4, -0.2) is 21.6 Å². The van der Waals surface area contributed by atoms with Crippen LogP contribution in [0.4, 0.5) is 10.1 Å². The summed E-state index contributed by atoms with van der Waals surface area (Å²) in [6.45, 7) is 1.78. The van der Waals surface area contributed by atoms with Gasteiger partial charge in [0.2, 0.25) is 0 Å². The Morgan fingerprint density at radius 3 is 2.92 bits per heavy atom. The number of carbonyl (C=O) groups excluding carboxylic acids is 2. The lowest BCUT2D eigenvalue weighted by Gasteiger charge is -2.23. The molecule has 0 spiro atoms. The molecular weight excluding hydrogens is 311 g/mol. The molecule has 2 amide bonds. The Bertz CT molecular complexity index is 800. The van der Waals surface area contributed by atoms with Crippen LogP contribution < -0.4 is 10.6 Å². The van der Waals surface area contributed by atoms with Crippen LogP contribution in [0.1, 0.15) is 35.7 Å². The highest BCUT2D eigenvalue weighted by Gasteiger charge is 2.27. The van der Waals surface area contributed by atoms with Gasteiger partial charge >= 0.3 is 11.8 Å². The monoisotopic (exact) mass is 330 g/mol. The van der Waals surface area contributed by atoms with Crippen molar-refractivity contribution in [2.45, 2.75) is 32.2 Å². The molecule has 0 bridgehead atoms. The quantitative estimate of drug-likeness (QED) is 0.827. The number of fused-ring (bicyclic) bond motifs is 1. The number of amides is 2. The summed E-state index contributed by atoms with van der Waals surface area (Å²) >= 11 is 0. The molecule has 1 heterocycles. The van der Waals surface area contributed by atoms with Crippen molar-refractivity contribution in [3.8, 4) is 0 Å². The van der Waals surface area contributed by atoms with Crippen LogP contribution in [0.2, 0.25) is 0 Å². The van der Waals surface area contributed by atoms with Gasteiger partial charge in [-0.3, -0.25) is 14.3 Å². The second kappa shape index (κ2) is 6.43. The van der Waals surface area contributed by atoms with Gasteiger partial charge in [0.15, 0.2) is 0 Å². The fourth-order valence-electron chi connectivity index (χ4n) is 2.99. The van der Waals surface area contributed by atoms with Gasteiger partial charge in [-0.2, -0.15) is 5.10 Å². The van der Waals surface area contributed by atoms with Crippen LogP contribution in [0.15, 0.2) is 24.4 Å². The van der Waals surface area contributed by atoms with Crippen LogP contribution in [0.5, 0.6) is 0 Å². The number of hydrogen-bond acceptors (Lipinski definition) is 3. The third-order valence-electron chi connectivity index (χ3n) is 4.26. The molecule has 1 atom stereocenters. The molecule has 0 aliphatic heterocycles. The summed E-state index contributed by atoms with van der Waals surface area (Å²) in [5, 5.41) is 9.24. The Kier molecular flexibility index (Phi) is 4.33. The Hall–Kier alpha value is -2.70. The minimum absolute atomic E-state index is 0.000797. The number of nitrogens with one attached hydrogen (secondary N) is 2. The molecule has 3 rings (SSSR count). The smallest absolute Gasteiger partial charge is 0.313 e. The molecule has 1 aliphatic carbocycles. The molecule has 2 aromatic rings. The zero-order chi connectivity index (χ0) is 17.3. The van der Waals surface area contributed by atoms with Gasteiger partial charge in [-0.25, -0.2) is 4.39 Å². The predicted molar refractivity (Wildman–Crippen MR) is 86.8 cm³/mol. The lowest BCUT2D eigenvalue weighted by atomic mass is 9.93. The molecule has 0 saturated heterocycles. The van der Waals surface area contributed by atoms with Gasteiger partial charge in [0, 0.05) is 18.3 Å². The van der Waals surface area contributed by atoms with Crippen LogP contribution in [0, 0.1) is 12.7 Å². The Labute approximate surface area is 139 Å². The average molecular weight is 330 g/mol. The van der Waals surface area contributed by atoms with E-state index in [9.17, 15) is 14.0 Å². The molecule has 7 heteroatoms. The largest absolute Gasteiger partial charge is 0.341 e. The van der Waals surface area contributed by atoms with Crippen molar-refractivity contribution in [3.63, 3.8) is 0 Å². The predicted octanol–water partition coefficient (Wildman–Crippen LogP) is 2.00. The van der Waals surface area contributed by atoms with Crippen LogP contribution in [-0.2, 0) is 23.1 Å². The molecule has 0 fully saturated rings. The number of aryl methyl sites for hydroxylation is 2. The Morgan fingerprint density at radius 1 is 1.33 bits per heavy atom. The summed E-state index contributed by atoms with van der Waals surface area (Å²) in [4.78, 5) is 24.2. The van der Waals surface area contributed by atoms with Crippen molar-refractivity contribution in [3.05, 3.63) is 47.0 Å². The van der Waals surface area contributed by atoms with Crippen molar-refractivity contribution < 1.29 is 14.0 Å². The number of carbonyl (C=O) groups is 2. The van der Waals surface area contributed by atoms with Crippen LogP contribution >= 0.6 is 0 Å². The number of aromatic nitrogens is 2. The summed E-state index contributed by atoms with van der Waals surface area (Å²) in [6.07, 6.45) is 4.28. The van der Waals surface area contributed by atoms with E-state index in [1.165, 1.54) is 12.1 Å². The summed E-state index contributed by atoms with van der Waals surface area (Å²) in [5.74, 6) is -2.23. The molecule has 0 saturated carbocycles. The van der Waals surface area contributed by atoms with E-state index < -0.39 is 17.6 Å². The normalized spacial score (nSPS) is 16.4. The molecule has 1 unspecified atom stereocenters. The van der Waals surface area contributed by atoms with Crippen molar-refractivity contribution in [2.75, 3.05) is 5.32 Å². The Morgan fingerprint density at radius 2 is 2.12 bits per heavy atom. The van der Waals surface area contributed by atoms with E-state index in [1.807, 2.05) is 7.05 Å². The first kappa shape index (κ1) is 16.2. The Balaban J connectivity index is 1.69. The van der Waals surface area contributed by atoms with Crippen LogP contribution in [0.3, 0.4) is 0 Å². The van der Waals surface area contributed by atoms with Gasteiger partial charge in [0.1, 0.15) is 5.82 Å². The number of nitrogens with zero attached hydrogens (tertiary/aromatic N) is 2. The molecule has 2 N–H and O–H groups in total. The van der Waals surface area contributed by atoms with Gasteiger partial charge in [-0.1, -0.05) is 6.07 Å². The number of rotatable bonds is 2. The molecule has 24 heavy (non-hydrogen) atoms. The highest BCUT2D eigenvalue weighted by molar-refractivity contribution is 6.39. The van der Waals surface area contributed by atoms with Gasteiger partial charge < -0.3 is 10.6 Å². The van der Waals surface area contributed by atoms with E-state index in [-0.39, 0.29) is 11.7 Å². The molecule has 1 aromatic carbocycles. The topological polar surface area (TPSA) is 76.0 Å². The number of anilines is 1. The SMILES string of the molecule is Cc1ccc(F)c(NC(=O)C(=O)NC2CCCc3c2cnn3C)c1. The zero-order valence-electron chi connectivity index (χ0n) is 13.6. The minimum Gasteiger partial charge on any atom is -0.341 e. The number of hydrogen-bond donors (Lipinski definition) is 2. The lowest BCUT2D eigenvalue weighted by molar-refractivity contribution is -0.136. The zero-order valence-corrected chi connectivity index (χ0v) is 13.6. The van der Waals surface area contributed by atoms with Gasteiger partial charge in [0.05, 0.1) is 17.9 Å². The third-order valence-corrected chi connectivity index (χ3v) is 4.26. The second-order valence-corrected chi connectivity index (χ2v) is 6.03. The number of halogens is 1. The van der Waals surface area contributed by atoms with Gasteiger partial charge in [-0.15, -0.1) is 0 Å². The number of benzene rings is 1. The first-order chi connectivity index (χ1) is 11.5. The standard InChI is InChI=1S/C17H19FN4O2/c1-10-6-7-12(18)14(8-10)21-17(24)16(23)20-13-4-3-5-15-11(13)9-19-22(15)2/h6-9,13H,3-5H2,1-2H3,(H,20,23)(H,21,24). The fraction of sp³-hybridized carbons (Fsp3) is 0.353. The van der Waals surface area contributed by atoms with Crippen molar-refractivity contribution in [1.29, 1.82) is 0 Å². The second-order valence-electron chi connectivity index (χ2n) is 6.03. The molecule has 6 nitrogen and oxygen atoms in total. The fourth-order valence-corrected chi connectivity index (χ4v) is 2.99. The van der Waals surface area contributed by atoms with E-state index in [4.69, 9.17) is 0 Å². The molecule has 1 aliphatic rings. The minimum atomic E-state index is -0.879. The summed E-state index contributed by atoms with van der Waals surface area (Å²) in [7, 11) is 1.86. The summed E-state index contributed by atoms with van der Waals surface area (Å²) in [5.41, 5.74) is 2.79. The van der Waals surface area contributed by atoms with Crippen LogP contribution in [0.25, 0.3) is 0 Å². The molecule has 126 valence electrons. The molecular formula is C17H19FN4O2. The van der Waals surface area contributed by atoms with Crippen molar-refractivity contribution in [2.24, 2.45) is 7.05 Å². The van der Waals surface area contributed by atoms with E-state index in [2.05, 4.69) is 15.7 Å². The average Bonchev–Trinajstić information content (AvgIpc) is 2.93. The third kappa shape index (κ3) is 3.15.